The van der Waals surface area contributed by atoms with Gasteiger partial charge in [0, 0.05) is 32.3 Å². The first-order valence-corrected chi connectivity index (χ1v) is 19.7. The Morgan fingerprint density at radius 1 is 0.949 bits per heavy atom. The Hall–Kier alpha value is -4.67. The molecule has 2 saturated carbocycles. The number of Topliss-reactive ketones (excluding diaryl/α,β-unsaturated/α-hetero) is 1. The average molecular weight is 822 g/mol. The molecule has 4 N–H and O–H groups in total. The number of carbonyl (C=O) groups excluding carboxylic acids is 5. The second-order valence-electron chi connectivity index (χ2n) is 17.8. The Balaban J connectivity index is 1.50. The van der Waals surface area contributed by atoms with Crippen LogP contribution in [0.25, 0.3) is 0 Å². The van der Waals surface area contributed by atoms with Gasteiger partial charge in [-0.2, -0.15) is 0 Å². The summed E-state index contributed by atoms with van der Waals surface area (Å²) in [7, 11) is 1.26. The van der Waals surface area contributed by atoms with Gasteiger partial charge in [0.1, 0.15) is 35.6 Å². The van der Waals surface area contributed by atoms with Crippen molar-refractivity contribution >= 4 is 29.8 Å². The molecule has 1 saturated heterocycles. The number of rotatable bonds is 9. The lowest BCUT2D eigenvalue weighted by molar-refractivity contribution is -0.346. The van der Waals surface area contributed by atoms with Crippen LogP contribution in [0.2, 0.25) is 0 Å². The van der Waals surface area contributed by atoms with E-state index in [9.17, 15) is 34.5 Å². The Bertz CT molecular complexity index is 1990. The smallest absolute Gasteiger partial charge is 0.408 e. The maximum absolute atomic E-state index is 15.0. The van der Waals surface area contributed by atoms with Gasteiger partial charge in [-0.1, -0.05) is 62.4 Å². The largest absolute Gasteiger partial charge is 0.456 e. The maximum atomic E-state index is 15.0. The van der Waals surface area contributed by atoms with Crippen molar-refractivity contribution in [1.82, 2.24) is 5.32 Å². The van der Waals surface area contributed by atoms with E-state index in [0.29, 0.717) is 5.56 Å². The monoisotopic (exact) mass is 821 g/mol. The van der Waals surface area contributed by atoms with E-state index >= 15 is 4.79 Å². The van der Waals surface area contributed by atoms with E-state index in [1.54, 1.807) is 90.1 Å². The lowest BCUT2D eigenvalue weighted by atomic mass is 9.44. The molecule has 0 radical (unpaired) electrons. The van der Waals surface area contributed by atoms with Crippen LogP contribution in [0.3, 0.4) is 0 Å². The lowest BCUT2D eigenvalue weighted by Gasteiger charge is -2.67. The van der Waals surface area contributed by atoms with Crippen LogP contribution in [-0.4, -0.2) is 112 Å². The van der Waals surface area contributed by atoms with Crippen molar-refractivity contribution in [3.63, 3.8) is 0 Å². The summed E-state index contributed by atoms with van der Waals surface area (Å²) in [4.78, 5) is 69.6. The fraction of sp³-hybridized carbons (Fsp3) is 0.568. The molecule has 1 aliphatic heterocycles. The fourth-order valence-corrected chi connectivity index (χ4v) is 9.78. The molecule has 6 rings (SSSR count). The molecule has 15 nitrogen and oxygen atoms in total. The van der Waals surface area contributed by atoms with Gasteiger partial charge in [0.2, 0.25) is 0 Å². The van der Waals surface area contributed by atoms with Crippen molar-refractivity contribution in [2.75, 3.05) is 13.7 Å². The van der Waals surface area contributed by atoms with Crippen molar-refractivity contribution in [3.05, 3.63) is 82.9 Å². The number of benzene rings is 2. The number of aliphatic hydroxyl groups excluding tert-OH is 2. The highest BCUT2D eigenvalue weighted by Gasteiger charge is 2.78. The molecule has 0 spiro atoms. The maximum Gasteiger partial charge on any atom is 0.408 e. The molecular formula is C44H55NO14. The number of ketones is 1. The van der Waals surface area contributed by atoms with Gasteiger partial charge in [-0.15, -0.1) is 0 Å². The number of methoxy groups -OCH3 is 1. The zero-order valence-electron chi connectivity index (χ0n) is 34.8. The zero-order chi connectivity index (χ0) is 43.5. The van der Waals surface area contributed by atoms with Gasteiger partial charge >= 0.3 is 24.0 Å². The summed E-state index contributed by atoms with van der Waals surface area (Å²) in [5.74, 6) is -5.02. The normalized spacial score (nSPS) is 33.3. The van der Waals surface area contributed by atoms with Crippen LogP contribution in [0.15, 0.2) is 71.8 Å². The van der Waals surface area contributed by atoms with Crippen molar-refractivity contribution < 1.29 is 67.7 Å². The summed E-state index contributed by atoms with van der Waals surface area (Å²) in [5.41, 5.74) is -7.72. The number of hydrogen-bond donors (Lipinski definition) is 4. The second kappa shape index (κ2) is 15.7. The molecule has 3 fully saturated rings. The summed E-state index contributed by atoms with van der Waals surface area (Å²) >= 11 is 0. The number of alkyl carbamates (subject to hydrolysis) is 1. The molecule has 2 aromatic carbocycles. The minimum Gasteiger partial charge on any atom is -0.456 e. The lowest BCUT2D eigenvalue weighted by Crippen LogP contribution is -2.81. The summed E-state index contributed by atoms with van der Waals surface area (Å²) in [6, 6.07) is 15.3. The highest BCUT2D eigenvalue weighted by atomic mass is 16.6. The highest BCUT2D eigenvalue weighted by molar-refractivity contribution is 5.94. The summed E-state index contributed by atoms with van der Waals surface area (Å²) in [5, 5.41) is 40.4. The second-order valence-corrected chi connectivity index (χ2v) is 17.8. The minimum atomic E-state index is -2.31. The highest BCUT2D eigenvalue weighted by Crippen LogP contribution is 2.64. The minimum absolute atomic E-state index is 0.0179. The Kier molecular flexibility index (Phi) is 11.7. The average Bonchev–Trinajstić information content (AvgIpc) is 3.16. The molecule has 1 heterocycles. The predicted molar refractivity (Wildman–Crippen MR) is 208 cm³/mol. The summed E-state index contributed by atoms with van der Waals surface area (Å²) < 4.78 is 35.6. The number of amides is 1. The number of aliphatic hydroxyl groups is 3. The van der Waals surface area contributed by atoms with Crippen LogP contribution in [0, 0.1) is 16.7 Å². The van der Waals surface area contributed by atoms with E-state index in [0.717, 1.165) is 0 Å². The summed E-state index contributed by atoms with van der Waals surface area (Å²) in [6.45, 7) is 12.1. The molecule has 1 amide bonds. The van der Waals surface area contributed by atoms with E-state index in [4.69, 9.17) is 28.4 Å². The third-order valence-corrected chi connectivity index (χ3v) is 12.8. The van der Waals surface area contributed by atoms with E-state index in [-0.39, 0.29) is 29.7 Å². The van der Waals surface area contributed by atoms with Gasteiger partial charge < -0.3 is 49.1 Å². The van der Waals surface area contributed by atoms with Crippen LogP contribution >= 0.6 is 0 Å². The van der Waals surface area contributed by atoms with Crippen LogP contribution in [0.4, 0.5) is 4.79 Å². The molecule has 11 atom stereocenters. The Morgan fingerprint density at radius 2 is 1.56 bits per heavy atom. The van der Waals surface area contributed by atoms with Gasteiger partial charge in [0.05, 0.1) is 35.6 Å². The van der Waals surface area contributed by atoms with Crippen LogP contribution in [0.1, 0.15) is 90.2 Å². The van der Waals surface area contributed by atoms with Crippen LogP contribution in [0.5, 0.6) is 0 Å². The van der Waals surface area contributed by atoms with Gasteiger partial charge in [-0.3, -0.25) is 9.59 Å². The van der Waals surface area contributed by atoms with Crippen LogP contribution < -0.4 is 5.32 Å². The van der Waals surface area contributed by atoms with Crippen molar-refractivity contribution in [2.24, 2.45) is 16.7 Å². The van der Waals surface area contributed by atoms with Gasteiger partial charge in [-0.05, 0) is 63.5 Å². The molecule has 15 heteroatoms. The number of esters is 3. The molecule has 59 heavy (non-hydrogen) atoms. The Morgan fingerprint density at radius 3 is 2.10 bits per heavy atom. The first-order chi connectivity index (χ1) is 27.5. The van der Waals surface area contributed by atoms with Crippen molar-refractivity contribution in [3.8, 4) is 0 Å². The third-order valence-electron chi connectivity index (χ3n) is 12.8. The fourth-order valence-electron chi connectivity index (χ4n) is 9.78. The van der Waals surface area contributed by atoms with Crippen molar-refractivity contribution in [2.45, 2.75) is 128 Å². The molecule has 3 aliphatic carbocycles. The molecule has 2 aromatic rings. The standard InChI is InChI=1S/C44H55NO14/c1-23-27(56-38(51)33(54-9)31(25-16-12-10-13-17-25)45-39(52)59-40(3,4)5)21-44(53)36(57-37(50)26-18-14-11-15-19-26)34-42(8,35(49)32(48)30(23)41(44,6)7)28(47)20-29-43(34,22-55-29)58-24(2)46/h10-19,27-29,31-34,36,47-48,53H,20-22H2,1-9H3,(H,45,52)/t27-,28-,29+,31-,32+,33+,34-,36-,42+,43-,44+/m0/s1. The molecule has 4 aliphatic rings. The van der Waals surface area contributed by atoms with Gasteiger partial charge in [-0.25, -0.2) is 14.4 Å². The number of fused-ring (bicyclic) bond motifs is 5. The number of carbonyl (C=O) groups is 5. The first kappa shape index (κ1) is 43.9. The molecular weight excluding hydrogens is 766 g/mol. The van der Waals surface area contributed by atoms with Gasteiger partial charge in [0.25, 0.3) is 0 Å². The molecule has 0 unspecified atom stereocenters. The van der Waals surface area contributed by atoms with E-state index < -0.39 is 112 Å². The van der Waals surface area contributed by atoms with Crippen molar-refractivity contribution in [1.29, 1.82) is 0 Å². The van der Waals surface area contributed by atoms with Crippen LogP contribution in [-0.2, 0) is 42.8 Å². The molecule has 0 aromatic heterocycles. The number of ether oxygens (including phenoxy) is 6. The van der Waals surface area contributed by atoms with E-state index in [2.05, 4.69) is 5.32 Å². The molecule has 2 bridgehead atoms. The first-order valence-electron chi connectivity index (χ1n) is 19.7. The topological polar surface area (TPSA) is 213 Å². The Labute approximate surface area is 343 Å². The quantitative estimate of drug-likeness (QED) is 0.161. The summed E-state index contributed by atoms with van der Waals surface area (Å²) in [6.07, 6.45) is -10.6. The van der Waals surface area contributed by atoms with E-state index in [1.807, 2.05) is 0 Å². The van der Waals surface area contributed by atoms with Gasteiger partial charge in [0.15, 0.2) is 17.5 Å². The number of nitrogens with one attached hydrogen (secondary N) is 1. The predicted octanol–water partition coefficient (Wildman–Crippen LogP) is 3.91. The third kappa shape index (κ3) is 7.45. The zero-order valence-corrected chi connectivity index (χ0v) is 34.8. The SMILES string of the molecule is CO[C@@H](C(=O)O[C@H]1C[C@@]2(O)[C@@H](OC(=O)c3ccccc3)[C@@H]3[C@]4(OC(C)=O)CO[C@@H]4C[C@H](O)[C@@]3(C)C(=O)[C@H](O)C(=C1C)C2(C)C)[C@@H](NC(=O)OC(C)(C)C)c1ccccc1. The van der Waals surface area contributed by atoms with E-state index in [1.165, 1.54) is 33.1 Å². The molecule has 320 valence electrons. The number of hydrogen-bond acceptors (Lipinski definition) is 14.